The monoisotopic (exact) mass is 334 g/mol. The molecule has 5 heteroatoms. The molecule has 1 amide bonds. The molecule has 0 aliphatic rings. The van der Waals surface area contributed by atoms with Crippen LogP contribution in [0, 0.1) is 6.92 Å². The van der Waals surface area contributed by atoms with Crippen LogP contribution in [0.25, 0.3) is 0 Å². The number of nitrogens with one attached hydrogen (secondary N) is 1. The maximum atomic E-state index is 12.5. The van der Waals surface area contributed by atoms with E-state index in [9.17, 15) is 4.79 Å². The molecule has 0 fully saturated rings. The average molecular weight is 334 g/mol. The van der Waals surface area contributed by atoms with Gasteiger partial charge >= 0.3 is 0 Å². The van der Waals surface area contributed by atoms with E-state index < -0.39 is 0 Å². The van der Waals surface area contributed by atoms with Gasteiger partial charge < -0.3 is 5.32 Å². The van der Waals surface area contributed by atoms with Crippen molar-refractivity contribution >= 4 is 5.91 Å². The number of aryl methyl sites for hydroxylation is 2. The van der Waals surface area contributed by atoms with E-state index in [1.807, 2.05) is 67.3 Å². The standard InChI is InChI=1S/C20H22N4O/c1-15-18(14-22-24(15)2)8-9-19(25)23-20(16-6-4-3-5-7-16)17-10-12-21-13-11-17/h3-7,10-14,20H,8-9H2,1-2H3,(H,23,25)/t20-/m1/s1. The third-order valence-corrected chi connectivity index (χ3v) is 4.44. The molecule has 2 aromatic heterocycles. The molecule has 1 atom stereocenters. The summed E-state index contributed by atoms with van der Waals surface area (Å²) in [5.41, 5.74) is 4.28. The normalized spacial score (nSPS) is 11.9. The largest absolute Gasteiger partial charge is 0.345 e. The fourth-order valence-electron chi connectivity index (χ4n) is 2.83. The van der Waals surface area contributed by atoms with Crippen molar-refractivity contribution in [2.75, 3.05) is 0 Å². The van der Waals surface area contributed by atoms with Crippen LogP contribution in [0.15, 0.2) is 61.1 Å². The highest BCUT2D eigenvalue weighted by atomic mass is 16.1. The quantitative estimate of drug-likeness (QED) is 0.754. The number of hydrogen-bond acceptors (Lipinski definition) is 3. The summed E-state index contributed by atoms with van der Waals surface area (Å²) in [5.74, 6) is 0.0221. The van der Waals surface area contributed by atoms with E-state index in [2.05, 4.69) is 15.4 Å². The molecule has 0 aliphatic carbocycles. The van der Waals surface area contributed by atoms with E-state index in [1.54, 1.807) is 12.4 Å². The lowest BCUT2D eigenvalue weighted by Crippen LogP contribution is -2.29. The van der Waals surface area contributed by atoms with Crippen molar-refractivity contribution in [3.05, 3.63) is 83.4 Å². The molecule has 1 aromatic carbocycles. The highest BCUT2D eigenvalue weighted by Crippen LogP contribution is 2.21. The number of hydrogen-bond donors (Lipinski definition) is 1. The van der Waals surface area contributed by atoms with Crippen molar-refractivity contribution in [3.63, 3.8) is 0 Å². The minimum atomic E-state index is -0.174. The van der Waals surface area contributed by atoms with Gasteiger partial charge in [0.2, 0.25) is 5.91 Å². The van der Waals surface area contributed by atoms with Crippen LogP contribution in [0.3, 0.4) is 0 Å². The lowest BCUT2D eigenvalue weighted by atomic mass is 9.99. The Balaban J connectivity index is 1.72. The van der Waals surface area contributed by atoms with Gasteiger partial charge in [0.05, 0.1) is 12.2 Å². The minimum Gasteiger partial charge on any atom is -0.345 e. The number of carbonyl (C=O) groups is 1. The van der Waals surface area contributed by atoms with Crippen molar-refractivity contribution < 1.29 is 4.79 Å². The first-order valence-corrected chi connectivity index (χ1v) is 8.37. The van der Waals surface area contributed by atoms with Crippen LogP contribution in [0.2, 0.25) is 0 Å². The number of rotatable bonds is 6. The van der Waals surface area contributed by atoms with Gasteiger partial charge in [0.15, 0.2) is 0 Å². The molecule has 0 spiro atoms. The molecule has 0 saturated carbocycles. The average Bonchev–Trinajstić information content (AvgIpc) is 2.98. The van der Waals surface area contributed by atoms with Gasteiger partial charge in [0, 0.05) is 31.6 Å². The number of amides is 1. The van der Waals surface area contributed by atoms with E-state index in [-0.39, 0.29) is 11.9 Å². The number of aromatic nitrogens is 3. The fourth-order valence-corrected chi connectivity index (χ4v) is 2.83. The van der Waals surface area contributed by atoms with Crippen LogP contribution in [0.1, 0.15) is 34.8 Å². The third kappa shape index (κ3) is 4.12. The Morgan fingerprint density at radius 3 is 2.44 bits per heavy atom. The summed E-state index contributed by atoms with van der Waals surface area (Å²) in [4.78, 5) is 16.6. The molecule has 0 saturated heterocycles. The van der Waals surface area contributed by atoms with Gasteiger partial charge in [-0.2, -0.15) is 5.10 Å². The highest BCUT2D eigenvalue weighted by molar-refractivity contribution is 5.77. The third-order valence-electron chi connectivity index (χ3n) is 4.44. The van der Waals surface area contributed by atoms with Crippen LogP contribution < -0.4 is 5.32 Å². The fraction of sp³-hybridized carbons (Fsp3) is 0.250. The molecule has 1 N–H and O–H groups in total. The number of benzene rings is 1. The highest BCUT2D eigenvalue weighted by Gasteiger charge is 2.17. The summed E-state index contributed by atoms with van der Waals surface area (Å²) >= 11 is 0. The van der Waals surface area contributed by atoms with E-state index in [1.165, 1.54) is 0 Å². The summed E-state index contributed by atoms with van der Waals surface area (Å²) in [6.07, 6.45) is 6.44. The lowest BCUT2D eigenvalue weighted by Gasteiger charge is -2.19. The zero-order valence-corrected chi connectivity index (χ0v) is 14.5. The van der Waals surface area contributed by atoms with Crippen molar-refractivity contribution in [2.24, 2.45) is 7.05 Å². The topological polar surface area (TPSA) is 59.8 Å². The summed E-state index contributed by atoms with van der Waals surface area (Å²) < 4.78 is 1.83. The molecule has 3 rings (SSSR count). The lowest BCUT2D eigenvalue weighted by molar-refractivity contribution is -0.121. The number of carbonyl (C=O) groups excluding carboxylic acids is 1. The molecule has 0 radical (unpaired) electrons. The van der Waals surface area contributed by atoms with Crippen molar-refractivity contribution in [1.82, 2.24) is 20.1 Å². The van der Waals surface area contributed by atoms with Gasteiger partial charge in [0.25, 0.3) is 0 Å². The van der Waals surface area contributed by atoms with Gasteiger partial charge in [-0.3, -0.25) is 14.5 Å². The van der Waals surface area contributed by atoms with Crippen LogP contribution in [-0.4, -0.2) is 20.7 Å². The van der Waals surface area contributed by atoms with Gasteiger partial charge in [-0.05, 0) is 42.2 Å². The summed E-state index contributed by atoms with van der Waals surface area (Å²) in [6.45, 7) is 2.02. The Morgan fingerprint density at radius 2 is 1.80 bits per heavy atom. The molecular weight excluding hydrogens is 312 g/mol. The van der Waals surface area contributed by atoms with E-state index in [0.717, 1.165) is 22.4 Å². The van der Waals surface area contributed by atoms with E-state index >= 15 is 0 Å². The zero-order chi connectivity index (χ0) is 17.6. The second-order valence-corrected chi connectivity index (χ2v) is 6.07. The first-order valence-electron chi connectivity index (χ1n) is 8.37. The maximum Gasteiger partial charge on any atom is 0.221 e. The molecule has 3 aromatic rings. The Labute approximate surface area is 147 Å². The van der Waals surface area contributed by atoms with Crippen LogP contribution in [0.4, 0.5) is 0 Å². The van der Waals surface area contributed by atoms with Crippen LogP contribution in [-0.2, 0) is 18.3 Å². The Bertz CT molecular complexity index is 788. The smallest absolute Gasteiger partial charge is 0.221 e. The molecular formula is C20H22N4O. The van der Waals surface area contributed by atoms with Crippen molar-refractivity contribution in [1.29, 1.82) is 0 Å². The Hall–Kier alpha value is -2.95. The zero-order valence-electron chi connectivity index (χ0n) is 14.5. The van der Waals surface area contributed by atoms with E-state index in [4.69, 9.17) is 0 Å². The summed E-state index contributed by atoms with van der Waals surface area (Å²) in [6, 6.07) is 13.7. The van der Waals surface area contributed by atoms with Gasteiger partial charge in [-0.1, -0.05) is 30.3 Å². The maximum absolute atomic E-state index is 12.5. The van der Waals surface area contributed by atoms with Crippen molar-refractivity contribution in [3.8, 4) is 0 Å². The Morgan fingerprint density at radius 1 is 1.12 bits per heavy atom. The minimum absolute atomic E-state index is 0.0221. The van der Waals surface area contributed by atoms with Crippen LogP contribution >= 0.6 is 0 Å². The molecule has 0 bridgehead atoms. The predicted molar refractivity (Wildman–Crippen MR) is 96.9 cm³/mol. The van der Waals surface area contributed by atoms with Gasteiger partial charge in [-0.25, -0.2) is 0 Å². The van der Waals surface area contributed by atoms with Gasteiger partial charge in [0.1, 0.15) is 0 Å². The first-order chi connectivity index (χ1) is 12.1. The second kappa shape index (κ2) is 7.75. The summed E-state index contributed by atoms with van der Waals surface area (Å²) in [7, 11) is 1.91. The SMILES string of the molecule is Cc1c(CCC(=O)N[C@H](c2ccccc2)c2ccncc2)cnn1C. The molecule has 2 heterocycles. The molecule has 0 unspecified atom stereocenters. The van der Waals surface area contributed by atoms with Crippen LogP contribution in [0.5, 0.6) is 0 Å². The first kappa shape index (κ1) is 16.9. The number of pyridine rings is 1. The molecule has 0 aliphatic heterocycles. The second-order valence-electron chi connectivity index (χ2n) is 6.07. The molecule has 5 nitrogen and oxygen atoms in total. The van der Waals surface area contributed by atoms with Crippen molar-refractivity contribution in [2.45, 2.75) is 25.8 Å². The molecule has 25 heavy (non-hydrogen) atoms. The Kier molecular flexibility index (Phi) is 5.23. The number of nitrogens with zero attached hydrogens (tertiary/aromatic N) is 3. The predicted octanol–water partition coefficient (Wildman–Crippen LogP) is 2.96. The summed E-state index contributed by atoms with van der Waals surface area (Å²) in [5, 5.41) is 7.38. The van der Waals surface area contributed by atoms with E-state index in [0.29, 0.717) is 12.8 Å². The van der Waals surface area contributed by atoms with Gasteiger partial charge in [-0.15, -0.1) is 0 Å². The molecule has 128 valence electrons.